The molecule has 0 N–H and O–H groups in total. The van der Waals surface area contributed by atoms with Crippen molar-refractivity contribution in [2.24, 2.45) is 0 Å². The molecule has 8 aromatic carbocycles. The maximum absolute atomic E-state index is 5.39. The molecule has 12 aromatic rings. The van der Waals surface area contributed by atoms with Gasteiger partial charge in [0.25, 0.3) is 0 Å². The summed E-state index contributed by atoms with van der Waals surface area (Å²) < 4.78 is 4.78. The first-order chi connectivity index (χ1) is 29.7. The van der Waals surface area contributed by atoms with E-state index in [1.54, 1.807) is 0 Å². The lowest BCUT2D eigenvalue weighted by atomic mass is 10.0. The molecule has 0 unspecified atom stereocenters. The van der Waals surface area contributed by atoms with E-state index in [-0.39, 0.29) is 0 Å². The second-order valence-corrected chi connectivity index (χ2v) is 16.1. The van der Waals surface area contributed by atoms with Crippen LogP contribution in [-0.2, 0) is 0 Å². The van der Waals surface area contributed by atoms with Gasteiger partial charge in [0, 0.05) is 37.5 Å². The number of thiophene rings is 1. The first-order valence-corrected chi connectivity index (χ1v) is 20.9. The highest BCUT2D eigenvalue weighted by Crippen LogP contribution is 2.41. The Labute approximate surface area is 349 Å². The second-order valence-electron chi connectivity index (χ2n) is 15.1. The summed E-state index contributed by atoms with van der Waals surface area (Å²) in [5, 5.41) is 4.79. The lowest BCUT2D eigenvalue weighted by Gasteiger charge is -2.11. The largest absolute Gasteiger partial charge is 0.291 e. The molecule has 4 aromatic heterocycles. The number of pyridine rings is 1. The zero-order chi connectivity index (χ0) is 39.6. The highest BCUT2D eigenvalue weighted by Gasteiger charge is 2.20. The van der Waals surface area contributed by atoms with E-state index in [4.69, 9.17) is 19.9 Å². The lowest BCUT2D eigenvalue weighted by molar-refractivity contribution is 1.07. The molecule has 6 heteroatoms. The van der Waals surface area contributed by atoms with E-state index in [9.17, 15) is 0 Å². The van der Waals surface area contributed by atoms with Crippen molar-refractivity contribution in [3.05, 3.63) is 200 Å². The molecular weight excluding hydrogens is 751 g/mol. The molecule has 0 aliphatic heterocycles. The van der Waals surface area contributed by atoms with Crippen LogP contribution in [0.3, 0.4) is 0 Å². The Bertz CT molecular complexity index is 3460. The van der Waals surface area contributed by atoms with Gasteiger partial charge in [-0.2, -0.15) is 0 Å². The lowest BCUT2D eigenvalue weighted by Crippen LogP contribution is -2.00. The van der Waals surface area contributed by atoms with Gasteiger partial charge in [-0.15, -0.1) is 11.3 Å². The summed E-state index contributed by atoms with van der Waals surface area (Å²) >= 11 is 1.81. The summed E-state index contributed by atoms with van der Waals surface area (Å²) in [6, 6.07) is 70.3. The molecular formula is C54H33N5S. The van der Waals surface area contributed by atoms with Gasteiger partial charge in [-0.05, 0) is 51.4 Å². The normalized spacial score (nSPS) is 11.7. The van der Waals surface area contributed by atoms with Crippen molar-refractivity contribution in [3.63, 3.8) is 0 Å². The highest BCUT2D eigenvalue weighted by atomic mass is 32.1. The third-order valence-corrected chi connectivity index (χ3v) is 12.7. The molecule has 0 saturated heterocycles. The molecule has 0 saturated carbocycles. The number of nitrogens with zero attached hydrogens (tertiary/aromatic N) is 5. The molecule has 12 rings (SSSR count). The van der Waals surface area contributed by atoms with Gasteiger partial charge in [-0.3, -0.25) is 4.40 Å². The third kappa shape index (κ3) is 5.76. The van der Waals surface area contributed by atoms with Gasteiger partial charge in [-0.25, -0.2) is 19.9 Å². The van der Waals surface area contributed by atoms with Crippen molar-refractivity contribution in [1.29, 1.82) is 0 Å². The van der Waals surface area contributed by atoms with Gasteiger partial charge in [0.15, 0.2) is 23.1 Å². The summed E-state index contributed by atoms with van der Waals surface area (Å²) in [7, 11) is 0. The topological polar surface area (TPSA) is 56.0 Å². The quantitative estimate of drug-likeness (QED) is 0.169. The van der Waals surface area contributed by atoms with Crippen molar-refractivity contribution < 1.29 is 0 Å². The van der Waals surface area contributed by atoms with Crippen LogP contribution in [0, 0.1) is 0 Å². The molecule has 0 amide bonds. The van der Waals surface area contributed by atoms with Crippen LogP contribution in [0.2, 0.25) is 0 Å². The fourth-order valence-electron chi connectivity index (χ4n) is 8.43. The number of hydrogen-bond donors (Lipinski definition) is 0. The smallest absolute Gasteiger partial charge is 0.164 e. The van der Waals surface area contributed by atoms with E-state index in [0.29, 0.717) is 17.5 Å². The molecule has 0 radical (unpaired) electrons. The Morgan fingerprint density at radius 3 is 1.40 bits per heavy atom. The zero-order valence-electron chi connectivity index (χ0n) is 32.2. The minimum absolute atomic E-state index is 0.616. The number of rotatable bonds is 6. The van der Waals surface area contributed by atoms with Crippen molar-refractivity contribution >= 4 is 59.0 Å². The number of imidazole rings is 1. The average Bonchev–Trinajstić information content (AvgIpc) is 3.91. The molecule has 5 nitrogen and oxygen atoms in total. The van der Waals surface area contributed by atoms with Gasteiger partial charge in [0.2, 0.25) is 0 Å². The van der Waals surface area contributed by atoms with E-state index >= 15 is 0 Å². The van der Waals surface area contributed by atoms with E-state index < -0.39 is 0 Å². The molecule has 60 heavy (non-hydrogen) atoms. The van der Waals surface area contributed by atoms with E-state index in [1.165, 1.54) is 36.7 Å². The van der Waals surface area contributed by atoms with Crippen LogP contribution in [0.5, 0.6) is 0 Å². The fourth-order valence-corrected chi connectivity index (χ4v) is 9.60. The molecule has 0 fully saturated rings. The Balaban J connectivity index is 1.000. The van der Waals surface area contributed by atoms with E-state index in [0.717, 1.165) is 61.1 Å². The fraction of sp³-hybridized carbons (Fsp3) is 0. The first kappa shape index (κ1) is 34.3. The molecule has 0 aliphatic rings. The monoisotopic (exact) mass is 783 g/mol. The number of benzene rings is 8. The van der Waals surface area contributed by atoms with Gasteiger partial charge in [0.05, 0.1) is 21.4 Å². The van der Waals surface area contributed by atoms with Crippen LogP contribution in [-0.4, -0.2) is 24.3 Å². The Morgan fingerprint density at radius 2 is 0.817 bits per heavy atom. The van der Waals surface area contributed by atoms with E-state index in [2.05, 4.69) is 192 Å². The summed E-state index contributed by atoms with van der Waals surface area (Å²) in [5.74, 6) is 1.86. The van der Waals surface area contributed by atoms with Crippen LogP contribution in [0.25, 0.3) is 115 Å². The summed E-state index contributed by atoms with van der Waals surface area (Å²) in [4.78, 5) is 20.7. The highest BCUT2D eigenvalue weighted by molar-refractivity contribution is 7.26. The first-order valence-electron chi connectivity index (χ1n) is 20.0. The van der Waals surface area contributed by atoms with E-state index in [1.807, 2.05) is 23.5 Å². The summed E-state index contributed by atoms with van der Waals surface area (Å²) in [6.45, 7) is 0. The number of hydrogen-bond acceptors (Lipinski definition) is 5. The zero-order valence-corrected chi connectivity index (χ0v) is 33.0. The standard InChI is InChI=1S/C54H33N5S/c1-3-11-34(12-4-1)36-19-25-40(26-20-36)51-56-52(41-27-21-37(22-28-41)35-13-5-2-6-14-35)58-53(57-51)42-29-23-39(24-30-42)47-33-45-44-17-9-10-18-48(44)60-50(45)54-55-49-43-16-8-7-15-38(43)31-32-46(49)59(47)54/h1-33H. The third-order valence-electron chi connectivity index (χ3n) is 11.5. The van der Waals surface area contributed by atoms with Gasteiger partial charge in [-0.1, -0.05) is 182 Å². The Hall–Kier alpha value is -7.80. The van der Waals surface area contributed by atoms with Crippen LogP contribution < -0.4 is 0 Å². The number of fused-ring (bicyclic) bond motifs is 9. The molecule has 0 spiro atoms. The maximum atomic E-state index is 5.39. The van der Waals surface area contributed by atoms with Crippen LogP contribution in [0.1, 0.15) is 0 Å². The summed E-state index contributed by atoms with van der Waals surface area (Å²) in [6.07, 6.45) is 0. The van der Waals surface area contributed by atoms with Crippen molar-refractivity contribution in [2.75, 3.05) is 0 Å². The molecule has 0 atom stereocenters. The van der Waals surface area contributed by atoms with Gasteiger partial charge in [0.1, 0.15) is 0 Å². The Kier molecular flexibility index (Phi) is 7.96. The maximum Gasteiger partial charge on any atom is 0.164 e. The van der Waals surface area contributed by atoms with Crippen LogP contribution >= 0.6 is 11.3 Å². The predicted octanol–water partition coefficient (Wildman–Crippen LogP) is 14.2. The minimum atomic E-state index is 0.616. The molecule has 4 heterocycles. The van der Waals surface area contributed by atoms with Crippen molar-refractivity contribution in [2.45, 2.75) is 0 Å². The van der Waals surface area contributed by atoms with Crippen molar-refractivity contribution in [1.82, 2.24) is 24.3 Å². The van der Waals surface area contributed by atoms with Crippen molar-refractivity contribution in [3.8, 4) is 67.7 Å². The molecule has 0 aliphatic carbocycles. The van der Waals surface area contributed by atoms with Crippen LogP contribution in [0.15, 0.2) is 200 Å². The second kappa shape index (κ2) is 13.9. The predicted molar refractivity (Wildman–Crippen MR) is 249 cm³/mol. The SMILES string of the molecule is c1ccc(-c2ccc(-c3nc(-c4ccc(-c5ccccc5)cc4)nc(-c4ccc(-c5cc6c7ccccc7sc6c6nc7c8ccccc8ccc7n56)cc4)n3)cc2)cc1. The average molecular weight is 784 g/mol. The Morgan fingerprint density at radius 1 is 0.350 bits per heavy atom. The molecule has 280 valence electrons. The van der Waals surface area contributed by atoms with Gasteiger partial charge >= 0.3 is 0 Å². The molecule has 0 bridgehead atoms. The van der Waals surface area contributed by atoms with Crippen LogP contribution in [0.4, 0.5) is 0 Å². The van der Waals surface area contributed by atoms with Gasteiger partial charge < -0.3 is 0 Å². The number of aromatic nitrogens is 5. The minimum Gasteiger partial charge on any atom is -0.291 e. The summed E-state index contributed by atoms with van der Waals surface area (Å²) in [5.41, 5.74) is 12.6.